The van der Waals surface area contributed by atoms with Crippen LogP contribution in [-0.4, -0.2) is 9.55 Å². The van der Waals surface area contributed by atoms with E-state index < -0.39 is 0 Å². The summed E-state index contributed by atoms with van der Waals surface area (Å²) < 4.78 is 16.0. The molecule has 3 rings (SSSR count). The second-order valence-electron chi connectivity index (χ2n) is 3.87. The Hall–Kier alpha value is -1.46. The topological polar surface area (TPSA) is 20.7 Å². The third-order valence-electron chi connectivity index (χ3n) is 2.73. The minimum absolute atomic E-state index is 0.216. The van der Waals surface area contributed by atoms with Gasteiger partial charge < -0.3 is 4.98 Å². The summed E-state index contributed by atoms with van der Waals surface area (Å²) in [5.74, 6) is -0.216. The SMILES string of the molecule is Cc1cc2c(cc1F)[nH]c(=S)n2-c1ccsc1. The molecule has 2 nitrogen and oxygen atoms in total. The lowest BCUT2D eigenvalue weighted by atomic mass is 10.2. The van der Waals surface area contributed by atoms with Crippen LogP contribution < -0.4 is 0 Å². The van der Waals surface area contributed by atoms with E-state index in [1.165, 1.54) is 6.07 Å². The van der Waals surface area contributed by atoms with Crippen molar-refractivity contribution in [3.8, 4) is 5.69 Å². The van der Waals surface area contributed by atoms with E-state index in [-0.39, 0.29) is 5.82 Å². The van der Waals surface area contributed by atoms with Crippen molar-refractivity contribution in [1.82, 2.24) is 9.55 Å². The number of rotatable bonds is 1. The van der Waals surface area contributed by atoms with Gasteiger partial charge in [-0.1, -0.05) is 0 Å². The van der Waals surface area contributed by atoms with E-state index in [2.05, 4.69) is 4.98 Å². The zero-order valence-electron chi connectivity index (χ0n) is 9.03. The van der Waals surface area contributed by atoms with Gasteiger partial charge in [-0.3, -0.25) is 4.57 Å². The van der Waals surface area contributed by atoms with Gasteiger partial charge in [-0.15, -0.1) is 0 Å². The Balaban J connectivity index is 2.43. The van der Waals surface area contributed by atoms with Crippen LogP contribution in [0.15, 0.2) is 29.0 Å². The number of hydrogen-bond donors (Lipinski definition) is 1. The summed E-state index contributed by atoms with van der Waals surface area (Å²) in [7, 11) is 0. The molecule has 1 aromatic carbocycles. The third kappa shape index (κ3) is 1.62. The molecule has 2 aromatic heterocycles. The number of nitrogens with one attached hydrogen (secondary N) is 1. The number of aromatic amines is 1. The number of hydrogen-bond acceptors (Lipinski definition) is 2. The molecule has 0 fully saturated rings. The number of thiophene rings is 1. The summed E-state index contributed by atoms with van der Waals surface area (Å²) in [6.07, 6.45) is 0. The zero-order chi connectivity index (χ0) is 12.0. The molecule has 1 N–H and O–H groups in total. The second kappa shape index (κ2) is 3.78. The lowest BCUT2D eigenvalue weighted by Gasteiger charge is -2.02. The van der Waals surface area contributed by atoms with Crippen molar-refractivity contribution in [2.45, 2.75) is 6.92 Å². The van der Waals surface area contributed by atoms with Gasteiger partial charge in [0.1, 0.15) is 5.82 Å². The standard InChI is InChI=1S/C12H9FN2S2/c1-7-4-11-10(5-9(7)13)14-12(16)15(11)8-2-3-17-6-8/h2-6H,1H3,(H,14,16). The number of halogens is 1. The Labute approximate surface area is 106 Å². The Bertz CT molecular complexity index is 738. The van der Waals surface area contributed by atoms with Crippen LogP contribution in [0, 0.1) is 17.5 Å². The number of fused-ring (bicyclic) bond motifs is 1. The van der Waals surface area contributed by atoms with Crippen molar-refractivity contribution in [3.63, 3.8) is 0 Å². The Morgan fingerprint density at radius 1 is 1.41 bits per heavy atom. The number of aromatic nitrogens is 2. The first-order valence-corrected chi connectivity index (χ1v) is 6.45. The molecule has 0 saturated heterocycles. The summed E-state index contributed by atoms with van der Waals surface area (Å²) in [5, 5.41) is 4.01. The maximum absolute atomic E-state index is 13.5. The van der Waals surface area contributed by atoms with Crippen LogP contribution >= 0.6 is 23.6 Å². The van der Waals surface area contributed by atoms with Crippen molar-refractivity contribution < 1.29 is 4.39 Å². The summed E-state index contributed by atoms with van der Waals surface area (Å²) in [4.78, 5) is 3.03. The van der Waals surface area contributed by atoms with Crippen molar-refractivity contribution in [3.05, 3.63) is 45.1 Å². The highest BCUT2D eigenvalue weighted by molar-refractivity contribution is 7.71. The maximum atomic E-state index is 13.5. The largest absolute Gasteiger partial charge is 0.330 e. The summed E-state index contributed by atoms with van der Waals surface area (Å²) in [6.45, 7) is 1.75. The first-order chi connectivity index (χ1) is 8.16. The third-order valence-corrected chi connectivity index (χ3v) is 3.68. The van der Waals surface area contributed by atoms with E-state index in [4.69, 9.17) is 12.2 Å². The van der Waals surface area contributed by atoms with Crippen LogP contribution in [0.2, 0.25) is 0 Å². The second-order valence-corrected chi connectivity index (χ2v) is 5.03. The van der Waals surface area contributed by atoms with Crippen molar-refractivity contribution in [1.29, 1.82) is 0 Å². The van der Waals surface area contributed by atoms with Crippen LogP contribution in [0.4, 0.5) is 4.39 Å². The molecule has 0 bridgehead atoms. The normalized spacial score (nSPS) is 11.2. The zero-order valence-corrected chi connectivity index (χ0v) is 10.7. The molecule has 3 aromatic rings. The Morgan fingerprint density at radius 3 is 2.94 bits per heavy atom. The number of imidazole rings is 1. The quantitative estimate of drug-likeness (QED) is 0.653. The van der Waals surface area contributed by atoms with E-state index >= 15 is 0 Å². The Kier molecular flexibility index (Phi) is 2.38. The molecule has 0 aliphatic carbocycles. The van der Waals surface area contributed by atoms with Gasteiger partial charge in [-0.05, 0) is 48.3 Å². The molecule has 0 amide bonds. The first kappa shape index (κ1) is 10.7. The highest BCUT2D eigenvalue weighted by atomic mass is 32.1. The highest BCUT2D eigenvalue weighted by Crippen LogP contribution is 2.23. The summed E-state index contributed by atoms with van der Waals surface area (Å²) in [6, 6.07) is 5.30. The number of aryl methyl sites for hydroxylation is 1. The predicted octanol–water partition coefficient (Wildman–Crippen LogP) is 4.20. The fraction of sp³-hybridized carbons (Fsp3) is 0.0833. The maximum Gasteiger partial charge on any atom is 0.182 e. The van der Waals surface area contributed by atoms with Crippen molar-refractivity contribution in [2.24, 2.45) is 0 Å². The molecule has 0 spiro atoms. The van der Waals surface area contributed by atoms with Gasteiger partial charge >= 0.3 is 0 Å². The number of nitrogens with zero attached hydrogens (tertiary/aromatic N) is 1. The lowest BCUT2D eigenvalue weighted by Crippen LogP contribution is -1.92. The van der Waals surface area contributed by atoms with E-state index in [0.717, 1.165) is 16.7 Å². The van der Waals surface area contributed by atoms with Crippen molar-refractivity contribution in [2.75, 3.05) is 0 Å². The lowest BCUT2D eigenvalue weighted by molar-refractivity contribution is 0.620. The molecular formula is C12H9FN2S2. The predicted molar refractivity (Wildman–Crippen MR) is 71.0 cm³/mol. The molecule has 86 valence electrons. The summed E-state index contributed by atoms with van der Waals surface area (Å²) in [5.41, 5.74) is 3.27. The smallest absolute Gasteiger partial charge is 0.182 e. The van der Waals surface area contributed by atoms with Crippen LogP contribution in [0.5, 0.6) is 0 Å². The van der Waals surface area contributed by atoms with Crippen LogP contribution in [0.25, 0.3) is 16.7 Å². The fourth-order valence-electron chi connectivity index (χ4n) is 1.87. The average molecular weight is 264 g/mol. The van der Waals surface area contributed by atoms with Gasteiger partial charge in [0.2, 0.25) is 0 Å². The monoisotopic (exact) mass is 264 g/mol. The van der Waals surface area contributed by atoms with Gasteiger partial charge in [0, 0.05) is 5.38 Å². The van der Waals surface area contributed by atoms with Gasteiger partial charge in [0.05, 0.1) is 16.7 Å². The molecule has 0 atom stereocenters. The van der Waals surface area contributed by atoms with Crippen LogP contribution in [-0.2, 0) is 0 Å². The minimum atomic E-state index is -0.216. The molecule has 0 aliphatic heterocycles. The Morgan fingerprint density at radius 2 is 2.24 bits per heavy atom. The van der Waals surface area contributed by atoms with Gasteiger partial charge in [0.15, 0.2) is 4.77 Å². The molecule has 0 unspecified atom stereocenters. The first-order valence-electron chi connectivity index (χ1n) is 5.10. The number of H-pyrrole nitrogens is 1. The van der Waals surface area contributed by atoms with E-state index in [1.54, 1.807) is 18.3 Å². The molecule has 17 heavy (non-hydrogen) atoms. The van der Waals surface area contributed by atoms with Gasteiger partial charge in [-0.25, -0.2) is 4.39 Å². The van der Waals surface area contributed by atoms with Crippen LogP contribution in [0.3, 0.4) is 0 Å². The molecular weight excluding hydrogens is 255 g/mol. The van der Waals surface area contributed by atoms with Crippen LogP contribution in [0.1, 0.15) is 5.56 Å². The molecule has 0 aliphatic rings. The molecule has 0 radical (unpaired) electrons. The highest BCUT2D eigenvalue weighted by Gasteiger charge is 2.09. The summed E-state index contributed by atoms with van der Waals surface area (Å²) >= 11 is 6.88. The van der Waals surface area contributed by atoms with E-state index in [1.807, 2.05) is 27.5 Å². The van der Waals surface area contributed by atoms with Crippen molar-refractivity contribution >= 4 is 34.6 Å². The van der Waals surface area contributed by atoms with Gasteiger partial charge in [0.25, 0.3) is 0 Å². The molecule has 2 heterocycles. The number of benzene rings is 1. The molecule has 0 saturated carbocycles. The fourth-order valence-corrected chi connectivity index (χ4v) is 2.81. The van der Waals surface area contributed by atoms with E-state index in [0.29, 0.717) is 10.3 Å². The van der Waals surface area contributed by atoms with Gasteiger partial charge in [-0.2, -0.15) is 11.3 Å². The van der Waals surface area contributed by atoms with E-state index in [9.17, 15) is 4.39 Å². The minimum Gasteiger partial charge on any atom is -0.330 e. The average Bonchev–Trinajstić information content (AvgIpc) is 2.86. The molecule has 5 heteroatoms.